The minimum absolute atomic E-state index is 0.759. The van der Waals surface area contributed by atoms with Crippen molar-refractivity contribution < 1.29 is 9.29 Å². The number of aryl methyl sites for hydroxylation is 1. The number of anilines is 2. The Bertz CT molecular complexity index is 709. The van der Waals surface area contributed by atoms with Crippen LogP contribution >= 0.6 is 12.0 Å². The Hall–Kier alpha value is -1.60. The molecule has 6 heteroatoms. The molecule has 0 saturated carbocycles. The third-order valence-corrected chi connectivity index (χ3v) is 5.12. The number of morpholine rings is 1. The van der Waals surface area contributed by atoms with Crippen LogP contribution in [0.25, 0.3) is 0 Å². The second-order valence-corrected chi connectivity index (χ2v) is 7.16. The zero-order valence-corrected chi connectivity index (χ0v) is 16.1. The summed E-state index contributed by atoms with van der Waals surface area (Å²) in [4.78, 5) is 4.38. The Kier molecular flexibility index (Phi) is 7.32. The van der Waals surface area contributed by atoms with Crippen LogP contribution in [0.1, 0.15) is 29.5 Å². The van der Waals surface area contributed by atoms with Crippen molar-refractivity contribution in [3.8, 4) is 0 Å². The average Bonchev–Trinajstić information content (AvgIpc) is 2.70. The van der Waals surface area contributed by atoms with E-state index in [0.29, 0.717) is 0 Å². The third-order valence-electron chi connectivity index (χ3n) is 4.59. The maximum Gasteiger partial charge on any atom is 0.127 e. The lowest BCUT2D eigenvalue weighted by Crippen LogP contribution is -2.30. The van der Waals surface area contributed by atoms with Crippen LogP contribution < -0.4 is 10.6 Å². The summed E-state index contributed by atoms with van der Waals surface area (Å²) < 4.78 is 14.4. The molecule has 2 aromatic rings. The predicted octanol–water partition coefficient (Wildman–Crippen LogP) is 4.18. The van der Waals surface area contributed by atoms with Crippen molar-refractivity contribution in [2.24, 2.45) is 0 Å². The van der Waals surface area contributed by atoms with Crippen molar-refractivity contribution >= 4 is 23.4 Å². The van der Waals surface area contributed by atoms with Crippen molar-refractivity contribution in [3.05, 3.63) is 47.2 Å². The Balaban J connectivity index is 0.000000278. The molecule has 1 aromatic heterocycles. The molecule has 26 heavy (non-hydrogen) atoms. The summed E-state index contributed by atoms with van der Waals surface area (Å²) in [6, 6.07) is 8.33. The number of hydrogen-bond acceptors (Lipinski definition) is 6. The maximum atomic E-state index is 9.34. The van der Waals surface area contributed by atoms with Crippen LogP contribution in [-0.2, 0) is 17.6 Å². The Labute approximate surface area is 159 Å². The monoisotopic (exact) mass is 373 g/mol. The molecule has 1 aliphatic heterocycles. The van der Waals surface area contributed by atoms with E-state index in [1.54, 1.807) is 0 Å². The molecule has 4 rings (SSSR count). The highest BCUT2D eigenvalue weighted by atomic mass is 32.2. The maximum absolute atomic E-state index is 9.34. The van der Waals surface area contributed by atoms with E-state index in [2.05, 4.69) is 46.8 Å². The first kappa shape index (κ1) is 19.2. The number of nitrogens with zero attached hydrogens (tertiary/aromatic N) is 1. The van der Waals surface area contributed by atoms with Gasteiger partial charge in [0.25, 0.3) is 0 Å². The van der Waals surface area contributed by atoms with Crippen molar-refractivity contribution in [2.75, 3.05) is 31.6 Å². The summed E-state index contributed by atoms with van der Waals surface area (Å²) in [6.07, 6.45) is 6.28. The van der Waals surface area contributed by atoms with Gasteiger partial charge in [0.15, 0.2) is 0 Å². The van der Waals surface area contributed by atoms with E-state index in [0.717, 1.165) is 67.6 Å². The molecule has 2 aliphatic rings. The topological polar surface area (TPSA) is 66.4 Å². The molecule has 0 atom stereocenters. The normalized spacial score (nSPS) is 16.2. The molecule has 2 heterocycles. The van der Waals surface area contributed by atoms with E-state index in [4.69, 9.17) is 4.74 Å². The highest BCUT2D eigenvalue weighted by Crippen LogP contribution is 2.34. The zero-order chi connectivity index (χ0) is 18.2. The number of benzene rings is 1. The van der Waals surface area contributed by atoms with Crippen molar-refractivity contribution in [2.45, 2.75) is 37.6 Å². The average molecular weight is 374 g/mol. The molecule has 1 aromatic carbocycles. The van der Waals surface area contributed by atoms with E-state index in [9.17, 15) is 4.55 Å². The van der Waals surface area contributed by atoms with Crippen LogP contribution in [0.4, 0.5) is 11.4 Å². The number of hydrogen-bond donors (Lipinski definition) is 3. The molecule has 0 bridgehead atoms. The molecule has 0 radical (unpaired) electrons. The lowest BCUT2D eigenvalue weighted by molar-refractivity contribution is 0.109. The minimum atomic E-state index is 0.759. The smallest absolute Gasteiger partial charge is 0.127 e. The number of ether oxygens (including phenoxy) is 1. The lowest BCUT2D eigenvalue weighted by atomic mass is 9.92. The molecular weight excluding hydrogens is 346 g/mol. The molecule has 1 fully saturated rings. The van der Waals surface area contributed by atoms with Crippen molar-refractivity contribution in [3.63, 3.8) is 0 Å². The van der Waals surface area contributed by atoms with Gasteiger partial charge in [-0.25, -0.2) is 4.98 Å². The van der Waals surface area contributed by atoms with E-state index in [1.165, 1.54) is 29.5 Å². The van der Waals surface area contributed by atoms with Gasteiger partial charge in [0.05, 0.1) is 25.1 Å². The molecule has 0 amide bonds. The molecular formula is C20H27N3O2S. The van der Waals surface area contributed by atoms with Gasteiger partial charge in [-0.15, -0.1) is 0 Å². The van der Waals surface area contributed by atoms with E-state index < -0.39 is 0 Å². The summed E-state index contributed by atoms with van der Waals surface area (Å²) >= 11 is 0.762. The lowest BCUT2D eigenvalue weighted by Gasteiger charge is -2.21. The fraction of sp³-hybridized carbons (Fsp3) is 0.450. The van der Waals surface area contributed by atoms with Gasteiger partial charge in [-0.1, -0.05) is 12.1 Å². The Morgan fingerprint density at radius 3 is 2.54 bits per heavy atom. The van der Waals surface area contributed by atoms with Crippen LogP contribution in [-0.4, -0.2) is 35.8 Å². The Morgan fingerprint density at radius 1 is 1.15 bits per heavy atom. The van der Waals surface area contributed by atoms with Gasteiger partial charge in [-0.2, -0.15) is 0 Å². The van der Waals surface area contributed by atoms with E-state index in [-0.39, 0.29) is 0 Å². The van der Waals surface area contributed by atoms with Crippen LogP contribution in [0.5, 0.6) is 0 Å². The van der Waals surface area contributed by atoms with Gasteiger partial charge < -0.3 is 19.9 Å². The van der Waals surface area contributed by atoms with Crippen LogP contribution in [0.3, 0.4) is 0 Å². The zero-order valence-electron chi connectivity index (χ0n) is 15.3. The molecule has 5 nitrogen and oxygen atoms in total. The van der Waals surface area contributed by atoms with Gasteiger partial charge >= 0.3 is 0 Å². The second kappa shape index (κ2) is 9.92. The van der Waals surface area contributed by atoms with E-state index >= 15 is 0 Å². The third kappa shape index (κ3) is 5.20. The second-order valence-electron chi connectivity index (χ2n) is 6.59. The van der Waals surface area contributed by atoms with Crippen molar-refractivity contribution in [1.29, 1.82) is 0 Å². The molecule has 0 spiro atoms. The first-order chi connectivity index (χ1) is 12.8. The first-order valence-corrected chi connectivity index (χ1v) is 9.99. The van der Waals surface area contributed by atoms with Crippen LogP contribution in [0.2, 0.25) is 0 Å². The predicted molar refractivity (Wildman–Crippen MR) is 108 cm³/mol. The van der Waals surface area contributed by atoms with Crippen molar-refractivity contribution in [1.82, 2.24) is 10.3 Å². The molecule has 3 N–H and O–H groups in total. The fourth-order valence-electron chi connectivity index (χ4n) is 3.30. The van der Waals surface area contributed by atoms with Gasteiger partial charge in [-0.3, -0.25) is 0 Å². The van der Waals surface area contributed by atoms with Gasteiger partial charge in [0.2, 0.25) is 0 Å². The SMILES string of the molecule is C1COCCN1.Cc1cccc(Nc2cnc(SO)c3c2CCCC3)c1. The minimum Gasteiger partial charge on any atom is -0.379 e. The number of nitrogens with one attached hydrogen (secondary N) is 2. The number of pyridine rings is 1. The van der Waals surface area contributed by atoms with Gasteiger partial charge in [0.1, 0.15) is 5.03 Å². The van der Waals surface area contributed by atoms with Gasteiger partial charge in [0, 0.05) is 30.8 Å². The standard InChI is InChI=1S/C16H18N2OS.C4H9NO/c1-11-5-4-6-12(9-11)18-15-10-17-16(20-19)14-8-3-2-7-13(14)15;1-3-6-4-2-5-1/h4-6,9-10,18-19H,2-3,7-8H2,1H3;5H,1-4H2. The first-order valence-electron chi connectivity index (χ1n) is 9.22. The quantitative estimate of drug-likeness (QED) is 0.701. The molecule has 1 saturated heterocycles. The summed E-state index contributed by atoms with van der Waals surface area (Å²) in [5.41, 5.74) is 5.91. The summed E-state index contributed by atoms with van der Waals surface area (Å²) in [5.74, 6) is 0. The fourth-order valence-corrected chi connectivity index (χ4v) is 3.73. The summed E-state index contributed by atoms with van der Waals surface area (Å²) in [6.45, 7) is 5.92. The largest absolute Gasteiger partial charge is 0.379 e. The van der Waals surface area contributed by atoms with Gasteiger partial charge in [-0.05, 0) is 61.4 Å². The number of rotatable bonds is 3. The van der Waals surface area contributed by atoms with E-state index in [1.807, 2.05) is 6.20 Å². The molecule has 0 unspecified atom stereocenters. The van der Waals surface area contributed by atoms with Crippen LogP contribution in [0.15, 0.2) is 35.5 Å². The molecule has 140 valence electrons. The molecule has 1 aliphatic carbocycles. The number of fused-ring (bicyclic) bond motifs is 1. The highest BCUT2D eigenvalue weighted by Gasteiger charge is 2.18. The van der Waals surface area contributed by atoms with Crippen LogP contribution in [0, 0.1) is 6.92 Å². The summed E-state index contributed by atoms with van der Waals surface area (Å²) in [5, 5.41) is 7.39. The number of aromatic nitrogens is 1. The highest BCUT2D eigenvalue weighted by molar-refractivity contribution is 7.93. The Morgan fingerprint density at radius 2 is 1.92 bits per heavy atom. The summed E-state index contributed by atoms with van der Waals surface area (Å²) in [7, 11) is 0.